The first-order chi connectivity index (χ1) is 13.2. The monoisotopic (exact) mass is 426 g/mol. The third kappa shape index (κ3) is 4.71. The lowest BCUT2D eigenvalue weighted by Crippen LogP contribution is -2.11. The number of alkyl halides is 3. The fraction of sp³-hybridized carbons (Fsp3) is 0.0556. The van der Waals surface area contributed by atoms with Crippen LogP contribution in [0.1, 0.15) is 11.1 Å². The quantitative estimate of drug-likeness (QED) is 0.579. The number of nitrogens with one attached hydrogen (secondary N) is 1. The molecule has 0 saturated carbocycles. The van der Waals surface area contributed by atoms with Crippen molar-refractivity contribution < 1.29 is 18.0 Å². The summed E-state index contributed by atoms with van der Waals surface area (Å²) in [6.07, 6.45) is 0.548. The molecule has 2 aromatic carbocycles. The highest BCUT2D eigenvalue weighted by molar-refractivity contribution is 6.31. The van der Waals surface area contributed by atoms with Crippen molar-refractivity contribution in [1.29, 1.82) is 0 Å². The summed E-state index contributed by atoms with van der Waals surface area (Å²) in [5, 5.41) is 6.59. The van der Waals surface area contributed by atoms with Crippen LogP contribution in [0.15, 0.2) is 55.1 Å². The summed E-state index contributed by atoms with van der Waals surface area (Å²) in [5.41, 5.74) is 0.0868. The standard InChI is InChI=1S/C18H11Cl2F3N4O/c19-12-3-5-16(27-10-24-9-25-27)15(8-12)26-17(28)6-2-11-1-4-14(20)13(7-11)18(21,22)23/h1-10H,(H,26,28)/b6-2+. The van der Waals surface area contributed by atoms with Crippen LogP contribution in [0.3, 0.4) is 0 Å². The predicted octanol–water partition coefficient (Wildman–Crippen LogP) is 5.24. The van der Waals surface area contributed by atoms with E-state index in [0.29, 0.717) is 16.4 Å². The molecule has 144 valence electrons. The number of anilines is 1. The van der Waals surface area contributed by atoms with Crippen LogP contribution in [0.4, 0.5) is 18.9 Å². The first-order valence-corrected chi connectivity index (χ1v) is 8.50. The Morgan fingerprint density at radius 2 is 1.93 bits per heavy atom. The lowest BCUT2D eigenvalue weighted by Gasteiger charge is -2.10. The Morgan fingerprint density at radius 3 is 2.61 bits per heavy atom. The fourth-order valence-electron chi connectivity index (χ4n) is 2.35. The minimum Gasteiger partial charge on any atom is -0.321 e. The molecule has 0 bridgehead atoms. The molecule has 3 aromatic rings. The molecule has 0 spiro atoms. The Bertz CT molecular complexity index is 1030. The normalized spacial score (nSPS) is 11.8. The van der Waals surface area contributed by atoms with Crippen molar-refractivity contribution in [3.05, 3.63) is 76.3 Å². The molecule has 0 atom stereocenters. The first kappa shape index (κ1) is 19.9. The first-order valence-electron chi connectivity index (χ1n) is 7.74. The molecule has 0 fully saturated rings. The summed E-state index contributed by atoms with van der Waals surface area (Å²) < 4.78 is 40.2. The Labute approximate surface area is 167 Å². The van der Waals surface area contributed by atoms with E-state index >= 15 is 0 Å². The Morgan fingerprint density at radius 1 is 1.14 bits per heavy atom. The molecule has 28 heavy (non-hydrogen) atoms. The van der Waals surface area contributed by atoms with E-state index in [1.165, 1.54) is 35.5 Å². The number of hydrogen-bond donors (Lipinski definition) is 1. The van der Waals surface area contributed by atoms with Crippen molar-refractivity contribution in [3.8, 4) is 5.69 Å². The van der Waals surface area contributed by atoms with E-state index in [2.05, 4.69) is 15.4 Å². The molecule has 5 nitrogen and oxygen atoms in total. The Kier molecular flexibility index (Phi) is 5.71. The van der Waals surface area contributed by atoms with Gasteiger partial charge in [0.25, 0.3) is 0 Å². The molecule has 1 N–H and O–H groups in total. The summed E-state index contributed by atoms with van der Waals surface area (Å²) in [6.45, 7) is 0. The topological polar surface area (TPSA) is 59.8 Å². The van der Waals surface area contributed by atoms with Gasteiger partial charge in [-0.3, -0.25) is 4.79 Å². The number of hydrogen-bond acceptors (Lipinski definition) is 3. The van der Waals surface area contributed by atoms with Crippen LogP contribution in [0.5, 0.6) is 0 Å². The second-order valence-corrected chi connectivity index (χ2v) is 6.40. The molecule has 0 radical (unpaired) electrons. The van der Waals surface area contributed by atoms with Gasteiger partial charge < -0.3 is 5.32 Å². The minimum atomic E-state index is -4.59. The SMILES string of the molecule is O=C(/C=C/c1ccc(Cl)c(C(F)(F)F)c1)Nc1cc(Cl)ccc1-n1cncn1. The van der Waals surface area contributed by atoms with Gasteiger partial charge in [-0.2, -0.15) is 18.3 Å². The van der Waals surface area contributed by atoms with Crippen LogP contribution >= 0.6 is 23.2 Å². The van der Waals surface area contributed by atoms with Gasteiger partial charge in [-0.05, 0) is 42.0 Å². The van der Waals surface area contributed by atoms with Crippen molar-refractivity contribution in [2.24, 2.45) is 0 Å². The summed E-state index contributed by atoms with van der Waals surface area (Å²) in [6, 6.07) is 8.16. The van der Waals surface area contributed by atoms with Crippen LogP contribution < -0.4 is 5.32 Å². The second-order valence-electron chi connectivity index (χ2n) is 5.56. The molecule has 1 amide bonds. The number of aromatic nitrogens is 3. The number of nitrogens with zero attached hydrogens (tertiary/aromatic N) is 3. The highest BCUT2D eigenvalue weighted by atomic mass is 35.5. The van der Waals surface area contributed by atoms with E-state index < -0.39 is 22.7 Å². The molecular formula is C18H11Cl2F3N4O. The van der Waals surface area contributed by atoms with Gasteiger partial charge >= 0.3 is 6.18 Å². The predicted molar refractivity (Wildman–Crippen MR) is 100 cm³/mol. The molecule has 0 aliphatic rings. The maximum absolute atomic E-state index is 12.9. The smallest absolute Gasteiger partial charge is 0.321 e. The van der Waals surface area contributed by atoms with Crippen LogP contribution in [-0.2, 0) is 11.0 Å². The summed E-state index contributed by atoms with van der Waals surface area (Å²) >= 11 is 11.6. The molecular weight excluding hydrogens is 416 g/mol. The van der Waals surface area contributed by atoms with E-state index in [-0.39, 0.29) is 5.56 Å². The number of halogens is 5. The minimum absolute atomic E-state index is 0.175. The van der Waals surface area contributed by atoms with E-state index in [9.17, 15) is 18.0 Å². The van der Waals surface area contributed by atoms with Gasteiger partial charge in [0.2, 0.25) is 5.91 Å². The zero-order valence-corrected chi connectivity index (χ0v) is 15.4. The lowest BCUT2D eigenvalue weighted by atomic mass is 10.1. The maximum Gasteiger partial charge on any atom is 0.417 e. The van der Waals surface area contributed by atoms with Crippen molar-refractivity contribution in [3.63, 3.8) is 0 Å². The van der Waals surface area contributed by atoms with Gasteiger partial charge in [-0.15, -0.1) is 0 Å². The second kappa shape index (κ2) is 8.04. The van der Waals surface area contributed by atoms with E-state index in [1.54, 1.807) is 12.1 Å². The molecule has 1 aromatic heterocycles. The van der Waals surface area contributed by atoms with Crippen LogP contribution in [-0.4, -0.2) is 20.7 Å². The van der Waals surface area contributed by atoms with Crippen molar-refractivity contribution in [2.45, 2.75) is 6.18 Å². The summed E-state index contributed by atoms with van der Waals surface area (Å²) in [7, 11) is 0. The number of carbonyl (C=O) groups excluding carboxylic acids is 1. The van der Waals surface area contributed by atoms with Crippen molar-refractivity contribution in [2.75, 3.05) is 5.32 Å². The largest absolute Gasteiger partial charge is 0.417 e. The third-order valence-electron chi connectivity index (χ3n) is 3.61. The highest BCUT2D eigenvalue weighted by Crippen LogP contribution is 2.35. The Balaban J connectivity index is 1.81. The summed E-state index contributed by atoms with van der Waals surface area (Å²) in [4.78, 5) is 16.1. The molecule has 0 aliphatic heterocycles. The average Bonchev–Trinajstić information content (AvgIpc) is 3.14. The van der Waals surface area contributed by atoms with Gasteiger partial charge in [0.1, 0.15) is 12.7 Å². The lowest BCUT2D eigenvalue weighted by molar-refractivity contribution is -0.137. The third-order valence-corrected chi connectivity index (χ3v) is 4.17. The molecule has 0 unspecified atom stereocenters. The average molecular weight is 427 g/mol. The number of carbonyl (C=O) groups is 1. The van der Waals surface area contributed by atoms with Crippen LogP contribution in [0, 0.1) is 0 Å². The van der Waals surface area contributed by atoms with Gasteiger partial charge in [-0.1, -0.05) is 29.3 Å². The van der Waals surface area contributed by atoms with Gasteiger partial charge in [0.15, 0.2) is 0 Å². The highest BCUT2D eigenvalue weighted by Gasteiger charge is 2.33. The van der Waals surface area contributed by atoms with Crippen LogP contribution in [0.2, 0.25) is 10.0 Å². The van der Waals surface area contributed by atoms with Gasteiger partial charge in [-0.25, -0.2) is 9.67 Å². The number of rotatable bonds is 4. The van der Waals surface area contributed by atoms with E-state index in [1.807, 2.05) is 0 Å². The molecule has 0 aliphatic carbocycles. The fourth-order valence-corrected chi connectivity index (χ4v) is 2.75. The zero-order chi connectivity index (χ0) is 20.3. The maximum atomic E-state index is 12.9. The number of benzene rings is 2. The molecule has 0 saturated heterocycles. The van der Waals surface area contributed by atoms with Crippen molar-refractivity contribution >= 4 is 40.9 Å². The molecule has 3 rings (SSSR count). The van der Waals surface area contributed by atoms with E-state index in [4.69, 9.17) is 23.2 Å². The summed E-state index contributed by atoms with van der Waals surface area (Å²) in [5.74, 6) is -0.563. The number of amides is 1. The Hall–Kier alpha value is -2.84. The van der Waals surface area contributed by atoms with Gasteiger partial charge in [0.05, 0.1) is 22.0 Å². The van der Waals surface area contributed by atoms with Crippen molar-refractivity contribution in [1.82, 2.24) is 14.8 Å². The zero-order valence-electron chi connectivity index (χ0n) is 13.9. The van der Waals surface area contributed by atoms with E-state index in [0.717, 1.165) is 18.2 Å². The van der Waals surface area contributed by atoms with Gasteiger partial charge in [0, 0.05) is 11.1 Å². The van der Waals surface area contributed by atoms with Crippen LogP contribution in [0.25, 0.3) is 11.8 Å². The molecule has 10 heteroatoms. The molecule has 1 heterocycles.